The fourth-order valence-electron chi connectivity index (χ4n) is 1.08. The number of hydrogen-bond acceptors (Lipinski definition) is 3. The third-order valence-corrected chi connectivity index (χ3v) is 1.52. The Balaban J connectivity index is 2.67. The van der Waals surface area contributed by atoms with Crippen molar-refractivity contribution in [2.45, 2.75) is 26.5 Å². The normalized spacial score (nSPS) is 10.5. The van der Waals surface area contributed by atoms with Gasteiger partial charge in [0.25, 0.3) is 0 Å². The number of nitrogens with one attached hydrogen (secondary N) is 1. The molecule has 0 saturated heterocycles. The second-order valence-electron chi connectivity index (χ2n) is 3.18. The molecule has 0 aliphatic carbocycles. The summed E-state index contributed by atoms with van der Waals surface area (Å²) in [6, 6.07) is 3.83. The third kappa shape index (κ3) is 3.42. The molecule has 0 spiro atoms. The Hall–Kier alpha value is -1.09. The maximum Gasteiger partial charge on any atom is 0.123 e. The molecular weight excluding hydrogens is 164 g/mol. The predicted molar refractivity (Wildman–Crippen MR) is 52.8 cm³/mol. The highest BCUT2D eigenvalue weighted by Crippen LogP contribution is 2.12. The van der Waals surface area contributed by atoms with Crippen LogP contribution in [0.5, 0.6) is 5.75 Å². The van der Waals surface area contributed by atoms with E-state index >= 15 is 0 Å². The van der Waals surface area contributed by atoms with Gasteiger partial charge in [0.15, 0.2) is 0 Å². The average molecular weight is 180 g/mol. The van der Waals surface area contributed by atoms with Gasteiger partial charge in [-0.15, -0.1) is 0 Å². The van der Waals surface area contributed by atoms with Gasteiger partial charge in [-0.2, -0.15) is 0 Å². The summed E-state index contributed by atoms with van der Waals surface area (Å²) in [6.45, 7) is 4.80. The van der Waals surface area contributed by atoms with Crippen LogP contribution in [0.15, 0.2) is 18.3 Å². The molecule has 0 saturated carbocycles. The molecule has 13 heavy (non-hydrogen) atoms. The Morgan fingerprint density at radius 1 is 1.54 bits per heavy atom. The molecule has 1 heterocycles. The zero-order valence-corrected chi connectivity index (χ0v) is 8.37. The van der Waals surface area contributed by atoms with Gasteiger partial charge in [-0.1, -0.05) is 0 Å². The second kappa shape index (κ2) is 4.82. The number of ether oxygens (including phenoxy) is 1. The highest BCUT2D eigenvalue weighted by Gasteiger charge is 1.99. The van der Waals surface area contributed by atoms with Gasteiger partial charge in [0.2, 0.25) is 0 Å². The van der Waals surface area contributed by atoms with Gasteiger partial charge >= 0.3 is 0 Å². The van der Waals surface area contributed by atoms with Crippen molar-refractivity contribution in [3.8, 4) is 5.75 Å². The van der Waals surface area contributed by atoms with E-state index in [9.17, 15) is 0 Å². The lowest BCUT2D eigenvalue weighted by atomic mass is 10.3. The predicted octanol–water partition coefficient (Wildman–Crippen LogP) is 1.59. The van der Waals surface area contributed by atoms with E-state index in [1.165, 1.54) is 0 Å². The Morgan fingerprint density at radius 2 is 2.31 bits per heavy atom. The van der Waals surface area contributed by atoms with Crippen molar-refractivity contribution in [1.29, 1.82) is 0 Å². The Labute approximate surface area is 79.1 Å². The van der Waals surface area contributed by atoms with E-state index < -0.39 is 0 Å². The fraction of sp³-hybridized carbons (Fsp3) is 0.500. The molecule has 0 unspecified atom stereocenters. The monoisotopic (exact) mass is 180 g/mol. The van der Waals surface area contributed by atoms with Gasteiger partial charge in [0.1, 0.15) is 5.75 Å². The van der Waals surface area contributed by atoms with E-state index in [4.69, 9.17) is 4.74 Å². The highest BCUT2D eigenvalue weighted by molar-refractivity contribution is 5.22. The lowest BCUT2D eigenvalue weighted by molar-refractivity contribution is 0.242. The summed E-state index contributed by atoms with van der Waals surface area (Å²) in [5.74, 6) is 0.884. The summed E-state index contributed by atoms with van der Waals surface area (Å²) in [6.07, 6.45) is 1.98. The van der Waals surface area contributed by atoms with Crippen molar-refractivity contribution in [1.82, 2.24) is 10.3 Å². The molecule has 0 amide bonds. The Bertz CT molecular complexity index is 261. The molecule has 0 aromatic carbocycles. The molecular formula is C10H16N2O. The molecule has 0 bridgehead atoms. The third-order valence-electron chi connectivity index (χ3n) is 1.52. The maximum atomic E-state index is 5.53. The smallest absolute Gasteiger partial charge is 0.123 e. The van der Waals surface area contributed by atoms with Crippen molar-refractivity contribution in [2.75, 3.05) is 7.05 Å². The van der Waals surface area contributed by atoms with E-state index in [1.807, 2.05) is 33.0 Å². The summed E-state index contributed by atoms with van der Waals surface area (Å²) < 4.78 is 5.53. The second-order valence-corrected chi connectivity index (χ2v) is 3.18. The summed E-state index contributed by atoms with van der Waals surface area (Å²) in [4.78, 5) is 4.19. The average Bonchev–Trinajstić information content (AvgIpc) is 2.04. The van der Waals surface area contributed by atoms with Gasteiger partial charge in [-0.25, -0.2) is 0 Å². The van der Waals surface area contributed by atoms with E-state index in [-0.39, 0.29) is 6.10 Å². The van der Waals surface area contributed by atoms with Crippen LogP contribution in [0, 0.1) is 0 Å². The lowest BCUT2D eigenvalue weighted by Gasteiger charge is -2.09. The zero-order valence-electron chi connectivity index (χ0n) is 8.37. The molecule has 0 aliphatic rings. The maximum absolute atomic E-state index is 5.53. The molecule has 3 heteroatoms. The van der Waals surface area contributed by atoms with Gasteiger partial charge < -0.3 is 10.1 Å². The fourth-order valence-corrected chi connectivity index (χ4v) is 1.08. The summed E-state index contributed by atoms with van der Waals surface area (Å²) in [7, 11) is 1.90. The number of nitrogens with zero attached hydrogens (tertiary/aromatic N) is 1. The van der Waals surface area contributed by atoms with Crippen LogP contribution in [0.25, 0.3) is 0 Å². The molecule has 0 aliphatic heterocycles. The first-order valence-electron chi connectivity index (χ1n) is 4.48. The van der Waals surface area contributed by atoms with Crippen molar-refractivity contribution < 1.29 is 4.74 Å². The molecule has 1 aromatic rings. The van der Waals surface area contributed by atoms with Crippen LogP contribution in [0.2, 0.25) is 0 Å². The molecule has 1 aromatic heterocycles. The molecule has 0 fully saturated rings. The first-order valence-corrected chi connectivity index (χ1v) is 4.48. The van der Waals surface area contributed by atoms with E-state index in [1.54, 1.807) is 6.20 Å². The minimum atomic E-state index is 0.213. The number of rotatable bonds is 4. The number of hydrogen-bond donors (Lipinski definition) is 1. The Kier molecular flexibility index (Phi) is 3.71. The molecule has 1 rings (SSSR count). The van der Waals surface area contributed by atoms with Gasteiger partial charge in [0, 0.05) is 18.8 Å². The van der Waals surface area contributed by atoms with Crippen LogP contribution >= 0.6 is 0 Å². The van der Waals surface area contributed by atoms with Gasteiger partial charge in [-0.05, 0) is 27.0 Å². The topological polar surface area (TPSA) is 34.1 Å². The van der Waals surface area contributed by atoms with Crippen LogP contribution in [0.3, 0.4) is 0 Å². The first-order chi connectivity index (χ1) is 6.22. The van der Waals surface area contributed by atoms with Crippen LogP contribution in [-0.2, 0) is 6.54 Å². The summed E-state index contributed by atoms with van der Waals surface area (Å²) in [5.41, 5.74) is 1.00. The first kappa shape index (κ1) is 9.99. The molecule has 72 valence electrons. The van der Waals surface area contributed by atoms with Crippen LogP contribution in [0.4, 0.5) is 0 Å². The summed E-state index contributed by atoms with van der Waals surface area (Å²) >= 11 is 0. The largest absolute Gasteiger partial charge is 0.491 e. The van der Waals surface area contributed by atoms with Crippen LogP contribution < -0.4 is 10.1 Å². The quantitative estimate of drug-likeness (QED) is 0.764. The molecule has 0 radical (unpaired) electrons. The van der Waals surface area contributed by atoms with Gasteiger partial charge in [0.05, 0.1) is 11.8 Å². The zero-order chi connectivity index (χ0) is 9.68. The summed E-state index contributed by atoms with van der Waals surface area (Å²) in [5, 5.41) is 3.05. The minimum Gasteiger partial charge on any atom is -0.491 e. The Morgan fingerprint density at radius 3 is 2.92 bits per heavy atom. The minimum absolute atomic E-state index is 0.213. The van der Waals surface area contributed by atoms with Crippen molar-refractivity contribution in [3.63, 3.8) is 0 Å². The van der Waals surface area contributed by atoms with Crippen molar-refractivity contribution >= 4 is 0 Å². The van der Waals surface area contributed by atoms with Crippen LogP contribution in [-0.4, -0.2) is 18.1 Å². The van der Waals surface area contributed by atoms with E-state index in [2.05, 4.69) is 10.3 Å². The van der Waals surface area contributed by atoms with Gasteiger partial charge in [-0.3, -0.25) is 4.98 Å². The lowest BCUT2D eigenvalue weighted by Crippen LogP contribution is -2.09. The molecule has 0 atom stereocenters. The van der Waals surface area contributed by atoms with Crippen molar-refractivity contribution in [3.05, 3.63) is 24.0 Å². The number of aromatic nitrogens is 1. The van der Waals surface area contributed by atoms with Crippen molar-refractivity contribution in [2.24, 2.45) is 0 Å². The molecule has 3 nitrogen and oxygen atoms in total. The number of pyridine rings is 1. The van der Waals surface area contributed by atoms with E-state index in [0.29, 0.717) is 0 Å². The van der Waals surface area contributed by atoms with E-state index in [0.717, 1.165) is 18.0 Å². The standard InChI is InChI=1S/C10H16N2O/c1-8(2)13-10-4-5-12-9(6-10)7-11-3/h4-6,8,11H,7H2,1-3H3. The SMILES string of the molecule is CNCc1cc(OC(C)C)ccn1. The molecule has 1 N–H and O–H groups in total. The van der Waals surface area contributed by atoms with Crippen LogP contribution in [0.1, 0.15) is 19.5 Å². The highest BCUT2D eigenvalue weighted by atomic mass is 16.5.